The smallest absolute Gasteiger partial charge is 0.302 e. The summed E-state index contributed by atoms with van der Waals surface area (Å²) in [5.41, 5.74) is 0.838. The lowest BCUT2D eigenvalue weighted by Gasteiger charge is -2.50. The summed E-state index contributed by atoms with van der Waals surface area (Å²) in [6, 6.07) is 0. The fraction of sp³-hybridized carbons (Fsp3) is 0.941. The van der Waals surface area contributed by atoms with Gasteiger partial charge in [-0.3, -0.25) is 4.79 Å². The predicted octanol–water partition coefficient (Wildman–Crippen LogP) is 4.03. The Labute approximate surface area is 136 Å². The molecule has 0 spiro atoms. The zero-order valence-corrected chi connectivity index (χ0v) is 16.3. The molecule has 5 heteroatoms. The maximum absolute atomic E-state index is 11.1. The molecule has 1 N–H and O–H groups in total. The maximum Gasteiger partial charge on any atom is 0.302 e. The highest BCUT2D eigenvalue weighted by Gasteiger charge is 2.55. The van der Waals surface area contributed by atoms with Gasteiger partial charge in [0.1, 0.15) is 6.10 Å². The first-order valence-electron chi connectivity index (χ1n) is 8.52. The van der Waals surface area contributed by atoms with E-state index in [9.17, 15) is 9.90 Å². The maximum atomic E-state index is 11.1. The Hall–Kier alpha value is -0.393. The number of aliphatic hydroxyl groups excluding tert-OH is 1. The molecule has 0 radical (unpaired) electrons. The van der Waals surface area contributed by atoms with E-state index in [4.69, 9.17) is 9.16 Å². The van der Waals surface area contributed by atoms with Crippen LogP contribution in [0.15, 0.2) is 0 Å². The minimum absolute atomic E-state index is 0.00855. The van der Waals surface area contributed by atoms with Crippen LogP contribution in [0.2, 0.25) is 16.1 Å². The van der Waals surface area contributed by atoms with E-state index in [1.165, 1.54) is 6.92 Å². The first-order chi connectivity index (χ1) is 10.1. The molecule has 130 valence electrons. The van der Waals surface area contributed by atoms with Crippen molar-refractivity contribution in [1.82, 2.24) is 0 Å². The lowest BCUT2D eigenvalue weighted by molar-refractivity contribution is -0.146. The molecule has 2 unspecified atom stereocenters. The van der Waals surface area contributed by atoms with Crippen LogP contribution in [0.25, 0.3) is 0 Å². The Morgan fingerprint density at radius 3 is 2.09 bits per heavy atom. The van der Waals surface area contributed by atoms with E-state index in [2.05, 4.69) is 41.5 Å². The van der Waals surface area contributed by atoms with Crippen molar-refractivity contribution in [3.05, 3.63) is 0 Å². The Morgan fingerprint density at radius 1 is 1.18 bits per heavy atom. The Kier molecular flexibility index (Phi) is 6.66. The van der Waals surface area contributed by atoms with Crippen LogP contribution in [0.3, 0.4) is 0 Å². The molecule has 0 amide bonds. The molecule has 0 heterocycles. The summed E-state index contributed by atoms with van der Waals surface area (Å²) in [6.45, 7) is 14.8. The van der Waals surface area contributed by atoms with Gasteiger partial charge in [0.2, 0.25) is 8.32 Å². The van der Waals surface area contributed by atoms with Gasteiger partial charge in [0.05, 0.1) is 0 Å². The number of aliphatic hydroxyl groups is 1. The van der Waals surface area contributed by atoms with Crippen LogP contribution in [0.1, 0.15) is 67.7 Å². The van der Waals surface area contributed by atoms with E-state index in [0.717, 1.165) is 19.3 Å². The van der Waals surface area contributed by atoms with Crippen molar-refractivity contribution >= 4 is 14.3 Å². The SMILES string of the molecule is CC(=O)OC1CCC(O[Si](C(C)C)(C(C)C)C(C)(C)CO)C1. The van der Waals surface area contributed by atoms with Crippen molar-refractivity contribution in [2.75, 3.05) is 6.61 Å². The summed E-state index contributed by atoms with van der Waals surface area (Å²) < 4.78 is 12.1. The third kappa shape index (κ3) is 3.92. The predicted molar refractivity (Wildman–Crippen MR) is 91.4 cm³/mol. The second-order valence-electron chi connectivity index (χ2n) is 7.93. The van der Waals surface area contributed by atoms with Crippen molar-refractivity contribution in [2.24, 2.45) is 0 Å². The average Bonchev–Trinajstić information content (AvgIpc) is 2.81. The van der Waals surface area contributed by atoms with E-state index >= 15 is 0 Å². The van der Waals surface area contributed by atoms with Gasteiger partial charge in [-0.2, -0.15) is 0 Å². The van der Waals surface area contributed by atoms with Crippen molar-refractivity contribution in [3.8, 4) is 0 Å². The fourth-order valence-electron chi connectivity index (χ4n) is 4.41. The second kappa shape index (κ2) is 7.45. The van der Waals surface area contributed by atoms with Crippen LogP contribution >= 0.6 is 0 Å². The molecule has 0 aliphatic heterocycles. The normalized spacial score (nSPS) is 23.4. The summed E-state index contributed by atoms with van der Waals surface area (Å²) in [5, 5.41) is 9.76. The number of carbonyl (C=O) groups excluding carboxylic acids is 1. The molecule has 1 saturated carbocycles. The van der Waals surface area contributed by atoms with Gasteiger partial charge in [-0.15, -0.1) is 0 Å². The Balaban J connectivity index is 2.94. The number of ether oxygens (including phenoxy) is 1. The molecule has 0 saturated heterocycles. The zero-order chi connectivity index (χ0) is 17.1. The number of carbonyl (C=O) groups is 1. The zero-order valence-electron chi connectivity index (χ0n) is 15.3. The van der Waals surface area contributed by atoms with E-state index in [0.29, 0.717) is 11.1 Å². The van der Waals surface area contributed by atoms with Crippen molar-refractivity contribution in [2.45, 2.75) is 96.1 Å². The van der Waals surface area contributed by atoms with Crippen molar-refractivity contribution in [1.29, 1.82) is 0 Å². The summed E-state index contributed by atoms with van der Waals surface area (Å²) in [6.07, 6.45) is 2.74. The van der Waals surface area contributed by atoms with Gasteiger partial charge in [0.15, 0.2) is 0 Å². The molecule has 1 aliphatic rings. The highest BCUT2D eigenvalue weighted by atomic mass is 28.4. The second-order valence-corrected chi connectivity index (χ2v) is 13.4. The molecule has 2 atom stereocenters. The molecule has 1 fully saturated rings. The molecule has 0 bridgehead atoms. The monoisotopic (exact) mass is 330 g/mol. The summed E-state index contributed by atoms with van der Waals surface area (Å²) in [5.74, 6) is -0.211. The lowest BCUT2D eigenvalue weighted by Crippen LogP contribution is -2.56. The van der Waals surface area contributed by atoms with Crippen LogP contribution in [-0.4, -0.2) is 38.2 Å². The first-order valence-corrected chi connectivity index (χ1v) is 10.6. The first kappa shape index (κ1) is 19.7. The van der Waals surface area contributed by atoms with E-state index in [1.54, 1.807) is 0 Å². The van der Waals surface area contributed by atoms with Gasteiger partial charge in [-0.05, 0) is 23.9 Å². The van der Waals surface area contributed by atoms with Crippen LogP contribution in [-0.2, 0) is 14.0 Å². The largest absolute Gasteiger partial charge is 0.462 e. The topological polar surface area (TPSA) is 55.8 Å². The molecule has 0 aromatic rings. The van der Waals surface area contributed by atoms with Crippen LogP contribution < -0.4 is 0 Å². The number of hydrogen-bond donors (Lipinski definition) is 1. The molecule has 1 rings (SSSR count). The minimum atomic E-state index is -2.20. The molecular formula is C17H34O4Si. The molecule has 0 aromatic heterocycles. The molecule has 0 aromatic carbocycles. The van der Waals surface area contributed by atoms with Crippen LogP contribution in [0.4, 0.5) is 0 Å². The van der Waals surface area contributed by atoms with E-state index in [1.807, 2.05) is 0 Å². The van der Waals surface area contributed by atoms with Gasteiger partial charge >= 0.3 is 5.97 Å². The summed E-state index contributed by atoms with van der Waals surface area (Å²) in [7, 11) is -2.20. The highest BCUT2D eigenvalue weighted by molar-refractivity contribution is 6.79. The summed E-state index contributed by atoms with van der Waals surface area (Å²) in [4.78, 5) is 11.1. The van der Waals surface area contributed by atoms with E-state index < -0.39 is 8.32 Å². The summed E-state index contributed by atoms with van der Waals surface area (Å²) >= 11 is 0. The quantitative estimate of drug-likeness (QED) is 0.566. The standard InChI is InChI=1S/C17H34O4Si/c1-12(2)22(13(3)4,17(6,7)11-18)21-16-9-8-15(10-16)20-14(5)19/h12-13,15-16,18H,8-11H2,1-7H3. The van der Waals surface area contributed by atoms with Crippen LogP contribution in [0.5, 0.6) is 0 Å². The number of hydrogen-bond acceptors (Lipinski definition) is 4. The van der Waals surface area contributed by atoms with E-state index in [-0.39, 0.29) is 29.8 Å². The third-order valence-corrected chi connectivity index (χ3v) is 11.6. The van der Waals surface area contributed by atoms with Gasteiger partial charge in [0, 0.05) is 31.1 Å². The van der Waals surface area contributed by atoms with Crippen molar-refractivity contribution in [3.63, 3.8) is 0 Å². The fourth-order valence-corrected chi connectivity index (χ4v) is 10.7. The Morgan fingerprint density at radius 2 is 1.68 bits per heavy atom. The molecular weight excluding hydrogens is 296 g/mol. The molecule has 22 heavy (non-hydrogen) atoms. The number of rotatable bonds is 7. The van der Waals surface area contributed by atoms with Gasteiger partial charge in [-0.25, -0.2) is 0 Å². The molecule has 1 aliphatic carbocycles. The van der Waals surface area contributed by atoms with Crippen molar-refractivity contribution < 1.29 is 19.1 Å². The van der Waals surface area contributed by atoms with Gasteiger partial charge in [-0.1, -0.05) is 41.5 Å². The minimum Gasteiger partial charge on any atom is -0.462 e. The Bertz CT molecular complexity index is 371. The lowest BCUT2D eigenvalue weighted by atomic mass is 10.2. The average molecular weight is 331 g/mol. The highest BCUT2D eigenvalue weighted by Crippen LogP contribution is 2.52. The third-order valence-electron chi connectivity index (χ3n) is 5.20. The van der Waals surface area contributed by atoms with Gasteiger partial charge in [0.25, 0.3) is 0 Å². The van der Waals surface area contributed by atoms with Gasteiger partial charge < -0.3 is 14.3 Å². The number of esters is 1. The molecule has 4 nitrogen and oxygen atoms in total. The van der Waals surface area contributed by atoms with Crippen LogP contribution in [0, 0.1) is 0 Å².